The van der Waals surface area contributed by atoms with Crippen molar-refractivity contribution >= 4 is 34.0 Å². The highest BCUT2D eigenvalue weighted by molar-refractivity contribution is 6.35. The molecular formula is C18H15ClN5O2-. The lowest BCUT2D eigenvalue weighted by Gasteiger charge is -2.16. The van der Waals surface area contributed by atoms with E-state index in [0.717, 1.165) is 10.8 Å². The minimum Gasteiger partial charge on any atom is -0.854 e. The van der Waals surface area contributed by atoms with Crippen molar-refractivity contribution in [1.82, 2.24) is 15.0 Å². The van der Waals surface area contributed by atoms with E-state index in [0.29, 0.717) is 23.1 Å². The second-order valence-electron chi connectivity index (χ2n) is 5.60. The van der Waals surface area contributed by atoms with Crippen LogP contribution < -0.4 is 15.2 Å². The Morgan fingerprint density at radius 3 is 2.92 bits per heavy atom. The zero-order valence-electron chi connectivity index (χ0n) is 13.9. The van der Waals surface area contributed by atoms with E-state index in [1.807, 2.05) is 24.3 Å². The summed E-state index contributed by atoms with van der Waals surface area (Å²) in [5.74, 6) is 1.02. The third-order valence-electron chi connectivity index (χ3n) is 3.65. The molecule has 3 aromatic rings. The number of hydrogen-bond donors (Lipinski definition) is 1. The van der Waals surface area contributed by atoms with Gasteiger partial charge in [0.05, 0.1) is 12.3 Å². The molecule has 0 amide bonds. The number of benzene rings is 1. The maximum atomic E-state index is 10.7. The second kappa shape index (κ2) is 7.95. The molecule has 3 rings (SSSR count). The number of halogens is 1. The van der Waals surface area contributed by atoms with Crippen LogP contribution in [0.4, 0.5) is 11.6 Å². The molecule has 7 nitrogen and oxygen atoms in total. The molecule has 0 bridgehead atoms. The normalized spacial score (nSPS) is 11.8. The standard InChI is InChI=1S/C18H15ClN5O2/c1-11(5-6-25)26-18-15(8-20)21-10-17(24-18)23-16-7-12-3-2-4-14(19)13(12)9-22-16/h2-4,7,9-11H,5-6H2,1H3,(H,22,23,24)/q-1/t11-/m1/s1. The molecule has 2 heterocycles. The van der Waals surface area contributed by atoms with Gasteiger partial charge < -0.3 is 15.2 Å². The molecule has 0 fully saturated rings. The number of aromatic nitrogens is 3. The van der Waals surface area contributed by atoms with Gasteiger partial charge in [-0.25, -0.2) is 9.97 Å². The quantitative estimate of drug-likeness (QED) is 0.712. The van der Waals surface area contributed by atoms with Crippen LogP contribution in [0.2, 0.25) is 5.02 Å². The van der Waals surface area contributed by atoms with Gasteiger partial charge in [-0.05, 0) is 30.9 Å². The lowest BCUT2D eigenvalue weighted by atomic mass is 10.2. The van der Waals surface area contributed by atoms with Crippen molar-refractivity contribution in [2.75, 3.05) is 11.9 Å². The number of nitrogens with zero attached hydrogens (tertiary/aromatic N) is 4. The zero-order chi connectivity index (χ0) is 18.5. The smallest absolute Gasteiger partial charge is 0.253 e. The predicted octanol–water partition coefficient (Wildman–Crippen LogP) is 2.81. The number of anilines is 2. The van der Waals surface area contributed by atoms with Crippen LogP contribution in [0.5, 0.6) is 5.88 Å². The third kappa shape index (κ3) is 3.99. The number of hydrogen-bond acceptors (Lipinski definition) is 7. The monoisotopic (exact) mass is 368 g/mol. The van der Waals surface area contributed by atoms with Crippen molar-refractivity contribution < 1.29 is 9.84 Å². The molecule has 1 aromatic carbocycles. The van der Waals surface area contributed by atoms with Gasteiger partial charge in [0.1, 0.15) is 11.9 Å². The van der Waals surface area contributed by atoms with Crippen LogP contribution in [-0.4, -0.2) is 27.7 Å². The SMILES string of the molecule is C[C@H](CC[O-])Oc1nc(Nc2cc3cccc(Cl)c3cn2)cnc1C#N. The third-order valence-corrected chi connectivity index (χ3v) is 3.98. The summed E-state index contributed by atoms with van der Waals surface area (Å²) in [6.07, 6.45) is 3.06. The molecule has 0 radical (unpaired) electrons. The minimum absolute atomic E-state index is 0.0616. The summed E-state index contributed by atoms with van der Waals surface area (Å²) in [5, 5.41) is 25.3. The number of fused-ring (bicyclic) bond motifs is 1. The van der Waals surface area contributed by atoms with Crippen molar-refractivity contribution in [3.05, 3.63) is 47.4 Å². The van der Waals surface area contributed by atoms with E-state index in [2.05, 4.69) is 20.3 Å². The average Bonchev–Trinajstić information content (AvgIpc) is 2.62. The van der Waals surface area contributed by atoms with Crippen LogP contribution in [0.15, 0.2) is 36.7 Å². The van der Waals surface area contributed by atoms with Crippen LogP contribution in [0.25, 0.3) is 10.8 Å². The Bertz CT molecular complexity index is 973. The average molecular weight is 369 g/mol. The van der Waals surface area contributed by atoms with Crippen LogP contribution in [0.1, 0.15) is 19.0 Å². The molecule has 0 aliphatic rings. The molecule has 132 valence electrons. The van der Waals surface area contributed by atoms with Crippen LogP contribution >= 0.6 is 11.6 Å². The second-order valence-corrected chi connectivity index (χ2v) is 6.00. The highest BCUT2D eigenvalue weighted by Crippen LogP contribution is 2.26. The Morgan fingerprint density at radius 2 is 2.15 bits per heavy atom. The maximum absolute atomic E-state index is 10.7. The van der Waals surface area contributed by atoms with Crippen LogP contribution in [-0.2, 0) is 0 Å². The molecule has 2 aromatic heterocycles. The fraction of sp³-hybridized carbons (Fsp3) is 0.222. The van der Waals surface area contributed by atoms with E-state index in [9.17, 15) is 5.11 Å². The molecular weight excluding hydrogens is 354 g/mol. The molecule has 0 saturated heterocycles. The molecule has 1 N–H and O–H groups in total. The number of nitriles is 1. The van der Waals surface area contributed by atoms with Gasteiger partial charge in [-0.1, -0.05) is 23.7 Å². The van der Waals surface area contributed by atoms with E-state index in [1.54, 1.807) is 19.2 Å². The Balaban J connectivity index is 1.87. The lowest BCUT2D eigenvalue weighted by molar-refractivity contribution is -0.370. The summed E-state index contributed by atoms with van der Waals surface area (Å²) in [5.41, 5.74) is 0.0616. The molecule has 1 atom stereocenters. The van der Waals surface area contributed by atoms with Crippen molar-refractivity contribution in [2.45, 2.75) is 19.4 Å². The summed E-state index contributed by atoms with van der Waals surface area (Å²) >= 11 is 6.15. The first kappa shape index (κ1) is 17.9. The highest BCUT2D eigenvalue weighted by atomic mass is 35.5. The van der Waals surface area contributed by atoms with E-state index in [4.69, 9.17) is 21.6 Å². The maximum Gasteiger partial charge on any atom is 0.253 e. The Labute approximate surface area is 155 Å². The topological polar surface area (TPSA) is 107 Å². The summed E-state index contributed by atoms with van der Waals surface area (Å²) in [6.45, 7) is 1.48. The van der Waals surface area contributed by atoms with Crippen molar-refractivity contribution in [3.8, 4) is 11.9 Å². The van der Waals surface area contributed by atoms with Crippen molar-refractivity contribution in [3.63, 3.8) is 0 Å². The van der Waals surface area contributed by atoms with Gasteiger partial charge in [0, 0.05) is 16.6 Å². The number of ether oxygens (including phenoxy) is 1. The fourth-order valence-corrected chi connectivity index (χ4v) is 2.57. The zero-order valence-corrected chi connectivity index (χ0v) is 14.7. The minimum atomic E-state index is -0.356. The fourth-order valence-electron chi connectivity index (χ4n) is 2.34. The van der Waals surface area contributed by atoms with Gasteiger partial charge in [0.2, 0.25) is 5.69 Å². The van der Waals surface area contributed by atoms with Gasteiger partial charge in [0.15, 0.2) is 5.82 Å². The number of nitrogens with one attached hydrogen (secondary N) is 1. The largest absolute Gasteiger partial charge is 0.854 e. The molecule has 0 saturated carbocycles. The Hall–Kier alpha value is -2.95. The summed E-state index contributed by atoms with van der Waals surface area (Å²) in [6, 6.07) is 9.36. The first-order valence-corrected chi connectivity index (χ1v) is 8.31. The number of rotatable bonds is 6. The predicted molar refractivity (Wildman–Crippen MR) is 96.4 cm³/mol. The van der Waals surface area contributed by atoms with Gasteiger partial charge in [-0.15, -0.1) is 6.61 Å². The van der Waals surface area contributed by atoms with Crippen molar-refractivity contribution in [1.29, 1.82) is 5.26 Å². The van der Waals surface area contributed by atoms with E-state index in [-0.39, 0.29) is 24.3 Å². The van der Waals surface area contributed by atoms with Crippen LogP contribution in [0, 0.1) is 11.3 Å². The molecule has 0 spiro atoms. The van der Waals surface area contributed by atoms with Crippen molar-refractivity contribution in [2.24, 2.45) is 0 Å². The highest BCUT2D eigenvalue weighted by Gasteiger charge is 2.12. The molecule has 0 unspecified atom stereocenters. The molecule has 0 aliphatic carbocycles. The van der Waals surface area contributed by atoms with Gasteiger partial charge >= 0.3 is 0 Å². The van der Waals surface area contributed by atoms with E-state index < -0.39 is 0 Å². The lowest BCUT2D eigenvalue weighted by Crippen LogP contribution is -2.20. The van der Waals surface area contributed by atoms with E-state index >= 15 is 0 Å². The van der Waals surface area contributed by atoms with Gasteiger partial charge in [-0.3, -0.25) is 0 Å². The molecule has 0 aliphatic heterocycles. The van der Waals surface area contributed by atoms with Gasteiger partial charge in [0.25, 0.3) is 5.88 Å². The molecule has 8 heteroatoms. The Morgan fingerprint density at radius 1 is 1.31 bits per heavy atom. The first-order chi connectivity index (χ1) is 12.6. The summed E-state index contributed by atoms with van der Waals surface area (Å²) in [4.78, 5) is 12.6. The summed E-state index contributed by atoms with van der Waals surface area (Å²) in [7, 11) is 0. The van der Waals surface area contributed by atoms with Gasteiger partial charge in [-0.2, -0.15) is 10.2 Å². The molecule has 26 heavy (non-hydrogen) atoms. The number of pyridine rings is 1. The van der Waals surface area contributed by atoms with E-state index in [1.165, 1.54) is 6.20 Å². The first-order valence-electron chi connectivity index (χ1n) is 7.94. The Kier molecular flexibility index (Phi) is 5.46. The summed E-state index contributed by atoms with van der Waals surface area (Å²) < 4.78 is 5.57. The van der Waals surface area contributed by atoms with Crippen LogP contribution in [0.3, 0.4) is 0 Å².